The SMILES string of the molecule is COc1cccc(C(=O)C2C(=O)C(=O)N(CCCN(C)C)C2c2cccnc2)c1. The first-order valence-corrected chi connectivity index (χ1v) is 9.51. The van der Waals surface area contributed by atoms with Crippen LogP contribution in [-0.2, 0) is 9.59 Å². The first kappa shape index (κ1) is 20.7. The molecule has 2 unspecified atom stereocenters. The number of carbonyl (C=O) groups is 3. The molecule has 1 amide bonds. The molecule has 0 spiro atoms. The Balaban J connectivity index is 1.97. The highest BCUT2D eigenvalue weighted by molar-refractivity contribution is 6.44. The Morgan fingerprint density at radius 2 is 2.00 bits per heavy atom. The first-order valence-electron chi connectivity index (χ1n) is 9.51. The van der Waals surface area contributed by atoms with Crippen LogP contribution in [-0.4, -0.2) is 66.6 Å². The number of hydrogen-bond donors (Lipinski definition) is 0. The molecule has 1 saturated heterocycles. The molecule has 7 heteroatoms. The summed E-state index contributed by atoms with van der Waals surface area (Å²) < 4.78 is 5.19. The summed E-state index contributed by atoms with van der Waals surface area (Å²) in [6, 6.07) is 9.53. The summed E-state index contributed by atoms with van der Waals surface area (Å²) in [6.45, 7) is 1.16. The van der Waals surface area contributed by atoms with Crippen LogP contribution in [0.25, 0.3) is 0 Å². The van der Waals surface area contributed by atoms with Crippen molar-refractivity contribution in [2.75, 3.05) is 34.3 Å². The fourth-order valence-electron chi connectivity index (χ4n) is 3.66. The van der Waals surface area contributed by atoms with Gasteiger partial charge in [-0.1, -0.05) is 18.2 Å². The maximum Gasteiger partial charge on any atom is 0.291 e. The monoisotopic (exact) mass is 395 g/mol. The molecule has 2 atom stereocenters. The van der Waals surface area contributed by atoms with Crippen molar-refractivity contribution in [3.63, 3.8) is 0 Å². The number of likely N-dealkylation sites (tertiary alicyclic amines) is 1. The van der Waals surface area contributed by atoms with E-state index in [9.17, 15) is 14.4 Å². The van der Waals surface area contributed by atoms with Crippen LogP contribution in [0.5, 0.6) is 5.75 Å². The molecule has 0 aliphatic carbocycles. The molecule has 1 aromatic carbocycles. The minimum Gasteiger partial charge on any atom is -0.497 e. The molecule has 3 rings (SSSR count). The summed E-state index contributed by atoms with van der Waals surface area (Å²) in [5.41, 5.74) is 1.03. The number of Topliss-reactive ketones (excluding diaryl/α,β-unsaturated/α-hetero) is 2. The maximum atomic E-state index is 13.3. The molecule has 2 aromatic rings. The third-order valence-electron chi connectivity index (χ3n) is 5.07. The van der Waals surface area contributed by atoms with E-state index in [0.29, 0.717) is 29.8 Å². The molecule has 1 aliphatic rings. The molecule has 7 nitrogen and oxygen atoms in total. The van der Waals surface area contributed by atoms with Gasteiger partial charge in [0.05, 0.1) is 13.2 Å². The predicted octanol–water partition coefficient (Wildman–Crippen LogP) is 1.99. The van der Waals surface area contributed by atoms with Crippen LogP contribution in [0.4, 0.5) is 0 Å². The molecule has 2 heterocycles. The van der Waals surface area contributed by atoms with Crippen molar-refractivity contribution in [3.05, 3.63) is 59.9 Å². The molecule has 0 N–H and O–H groups in total. The molecule has 1 aromatic heterocycles. The van der Waals surface area contributed by atoms with Crippen molar-refractivity contribution in [1.29, 1.82) is 0 Å². The van der Waals surface area contributed by atoms with Gasteiger partial charge in [-0.15, -0.1) is 0 Å². The number of nitrogens with zero attached hydrogens (tertiary/aromatic N) is 3. The van der Waals surface area contributed by atoms with E-state index in [0.717, 1.165) is 6.54 Å². The summed E-state index contributed by atoms with van der Waals surface area (Å²) in [5, 5.41) is 0. The van der Waals surface area contributed by atoms with E-state index in [-0.39, 0.29) is 5.78 Å². The highest BCUT2D eigenvalue weighted by Gasteiger charge is 2.51. The topological polar surface area (TPSA) is 79.8 Å². The lowest BCUT2D eigenvalue weighted by atomic mass is 9.87. The number of rotatable bonds is 8. The van der Waals surface area contributed by atoms with Gasteiger partial charge >= 0.3 is 0 Å². The number of aromatic nitrogens is 1. The molecule has 1 fully saturated rings. The Kier molecular flexibility index (Phi) is 6.39. The number of hydrogen-bond acceptors (Lipinski definition) is 6. The zero-order valence-corrected chi connectivity index (χ0v) is 16.9. The third-order valence-corrected chi connectivity index (χ3v) is 5.07. The number of ketones is 2. The van der Waals surface area contributed by atoms with Crippen LogP contribution >= 0.6 is 0 Å². The Morgan fingerprint density at radius 1 is 1.21 bits per heavy atom. The summed E-state index contributed by atoms with van der Waals surface area (Å²) >= 11 is 0. The zero-order valence-electron chi connectivity index (χ0n) is 16.9. The van der Waals surface area contributed by atoms with Gasteiger partial charge < -0.3 is 14.5 Å². The lowest BCUT2D eigenvalue weighted by Crippen LogP contribution is -2.33. The molecule has 0 radical (unpaired) electrons. The summed E-state index contributed by atoms with van der Waals surface area (Å²) in [7, 11) is 5.41. The molecular weight excluding hydrogens is 370 g/mol. The minimum absolute atomic E-state index is 0.347. The van der Waals surface area contributed by atoms with Crippen LogP contribution in [0.1, 0.15) is 28.4 Å². The van der Waals surface area contributed by atoms with Crippen molar-refractivity contribution in [3.8, 4) is 5.75 Å². The van der Waals surface area contributed by atoms with Crippen LogP contribution < -0.4 is 4.74 Å². The fraction of sp³-hybridized carbons (Fsp3) is 0.364. The van der Waals surface area contributed by atoms with E-state index in [1.807, 2.05) is 19.0 Å². The van der Waals surface area contributed by atoms with E-state index >= 15 is 0 Å². The van der Waals surface area contributed by atoms with Gasteiger partial charge in [0.1, 0.15) is 11.7 Å². The van der Waals surface area contributed by atoms with Crippen LogP contribution in [0.3, 0.4) is 0 Å². The highest BCUT2D eigenvalue weighted by Crippen LogP contribution is 2.38. The Morgan fingerprint density at radius 3 is 2.66 bits per heavy atom. The number of methoxy groups -OCH3 is 1. The Bertz CT molecular complexity index is 898. The van der Waals surface area contributed by atoms with Gasteiger partial charge in [-0.3, -0.25) is 19.4 Å². The fourth-order valence-corrected chi connectivity index (χ4v) is 3.66. The quantitative estimate of drug-likeness (QED) is 0.386. The minimum atomic E-state index is -1.10. The number of ether oxygens (including phenoxy) is 1. The van der Waals surface area contributed by atoms with Gasteiger partial charge in [0.15, 0.2) is 5.78 Å². The van der Waals surface area contributed by atoms with Crippen molar-refractivity contribution < 1.29 is 19.1 Å². The highest BCUT2D eigenvalue weighted by atomic mass is 16.5. The van der Waals surface area contributed by atoms with Crippen molar-refractivity contribution in [1.82, 2.24) is 14.8 Å². The number of carbonyl (C=O) groups excluding carboxylic acids is 3. The van der Waals surface area contributed by atoms with E-state index < -0.39 is 23.7 Å². The smallest absolute Gasteiger partial charge is 0.291 e. The normalized spacial score (nSPS) is 19.1. The molecule has 1 aliphatic heterocycles. The van der Waals surface area contributed by atoms with Crippen LogP contribution in [0.2, 0.25) is 0 Å². The van der Waals surface area contributed by atoms with Gasteiger partial charge in [0, 0.05) is 24.5 Å². The maximum absolute atomic E-state index is 13.3. The van der Waals surface area contributed by atoms with Gasteiger partial charge in [-0.05, 0) is 50.8 Å². The largest absolute Gasteiger partial charge is 0.497 e. The lowest BCUT2D eigenvalue weighted by molar-refractivity contribution is -0.140. The van der Waals surface area contributed by atoms with Crippen LogP contribution in [0.15, 0.2) is 48.8 Å². The van der Waals surface area contributed by atoms with E-state index in [4.69, 9.17) is 4.74 Å². The first-order chi connectivity index (χ1) is 13.9. The Labute approximate surface area is 170 Å². The molecule has 152 valence electrons. The van der Waals surface area contributed by atoms with Gasteiger partial charge in [0.25, 0.3) is 5.91 Å². The third kappa shape index (κ3) is 4.35. The standard InChI is InChI=1S/C22H25N3O4/c1-24(2)11-6-12-25-19(16-8-5-10-23-14-16)18(21(27)22(25)28)20(26)15-7-4-9-17(13-15)29-3/h4-5,7-10,13-14,18-19H,6,11-12H2,1-3H3. The van der Waals surface area contributed by atoms with Crippen molar-refractivity contribution in [2.45, 2.75) is 12.5 Å². The van der Waals surface area contributed by atoms with E-state index in [2.05, 4.69) is 4.98 Å². The summed E-state index contributed by atoms with van der Waals surface area (Å²) in [4.78, 5) is 46.7. The van der Waals surface area contributed by atoms with E-state index in [1.165, 1.54) is 12.0 Å². The predicted molar refractivity (Wildman–Crippen MR) is 108 cm³/mol. The van der Waals surface area contributed by atoms with Crippen molar-refractivity contribution in [2.24, 2.45) is 5.92 Å². The molecule has 0 bridgehead atoms. The second-order valence-corrected chi connectivity index (χ2v) is 7.32. The van der Waals surface area contributed by atoms with Gasteiger partial charge in [-0.2, -0.15) is 0 Å². The van der Waals surface area contributed by atoms with Crippen molar-refractivity contribution >= 4 is 17.5 Å². The zero-order chi connectivity index (χ0) is 21.0. The lowest BCUT2D eigenvalue weighted by Gasteiger charge is -2.27. The average Bonchev–Trinajstić information content (AvgIpc) is 2.98. The van der Waals surface area contributed by atoms with Gasteiger partial charge in [-0.25, -0.2) is 0 Å². The number of amides is 1. The summed E-state index contributed by atoms with van der Waals surface area (Å²) in [5.74, 6) is -2.24. The number of benzene rings is 1. The molecule has 29 heavy (non-hydrogen) atoms. The second kappa shape index (κ2) is 8.96. The molecule has 0 saturated carbocycles. The van der Waals surface area contributed by atoms with Crippen LogP contribution in [0, 0.1) is 5.92 Å². The second-order valence-electron chi connectivity index (χ2n) is 7.32. The van der Waals surface area contributed by atoms with Gasteiger partial charge in [0.2, 0.25) is 5.78 Å². The number of pyridine rings is 1. The molecular formula is C22H25N3O4. The van der Waals surface area contributed by atoms with E-state index in [1.54, 1.807) is 48.8 Å². The average molecular weight is 395 g/mol. The summed E-state index contributed by atoms with van der Waals surface area (Å²) in [6.07, 6.45) is 3.93. The Hall–Kier alpha value is -3.06.